The third-order valence-corrected chi connectivity index (χ3v) is 7.69. The molecule has 0 aliphatic carbocycles. The number of unbranched alkanes of at least 4 members (excludes halogenated alkanes) is 1. The van der Waals surface area contributed by atoms with Gasteiger partial charge in [0.05, 0.1) is 6.04 Å². The fourth-order valence-electron chi connectivity index (χ4n) is 4.60. The van der Waals surface area contributed by atoms with Gasteiger partial charge in [0, 0.05) is 50.9 Å². The van der Waals surface area contributed by atoms with E-state index < -0.39 is 41.9 Å². The minimum Gasteiger partial charge on any atom is -0.396 e. The van der Waals surface area contributed by atoms with Crippen LogP contribution < -0.4 is 31.9 Å². The number of rotatable bonds is 28. The van der Waals surface area contributed by atoms with Crippen LogP contribution in [0.3, 0.4) is 0 Å². The van der Waals surface area contributed by atoms with Gasteiger partial charge in [-0.2, -0.15) is 0 Å². The van der Waals surface area contributed by atoms with E-state index in [0.717, 1.165) is 6.42 Å². The van der Waals surface area contributed by atoms with Crippen molar-refractivity contribution in [1.29, 1.82) is 0 Å². The fraction of sp³-hybridized carbons (Fsp3) is 0.765. The van der Waals surface area contributed by atoms with Gasteiger partial charge in [-0.15, -0.1) is 0 Å². The third kappa shape index (κ3) is 27.0. The molecule has 0 aliphatic rings. The number of hydrogen-bond donors (Lipinski definition) is 7. The molecule has 4 amide bonds. The molecule has 0 aromatic heterocycles. The number of likely N-dealkylation sites (N-methyl/N-ethyl adjacent to an activating group) is 1. The molecule has 0 rings (SSSR count). The number of aliphatic hydroxyl groups excluding tert-OH is 1. The monoisotopic (exact) mass is 698 g/mol. The van der Waals surface area contributed by atoms with Crippen molar-refractivity contribution in [2.45, 2.75) is 142 Å². The van der Waals surface area contributed by atoms with Crippen molar-refractivity contribution in [3.05, 3.63) is 0 Å². The fourth-order valence-corrected chi connectivity index (χ4v) is 4.60. The molecule has 0 bridgehead atoms. The summed E-state index contributed by atoms with van der Waals surface area (Å²) in [5.74, 6) is -1.28. The van der Waals surface area contributed by atoms with Crippen molar-refractivity contribution < 1.29 is 43.5 Å². The van der Waals surface area contributed by atoms with E-state index in [1.807, 2.05) is 7.05 Å². The SMILES string of the molecule is CNC(C)CCC(C)=O.CNC(CCC(C)=O)C(=O)NC(CCCO)C(=O)NCCCCC(CC(C)=O)NC(=O)C(CCC(C)=O)NC=O. The average Bonchev–Trinajstić information content (AvgIpc) is 3.03. The number of hydrogen-bond acceptors (Lipinski definition) is 11. The number of nitrogens with one attached hydrogen (secondary N) is 6. The lowest BCUT2D eigenvalue weighted by molar-refractivity contribution is -0.130. The zero-order valence-corrected chi connectivity index (χ0v) is 30.6. The number of amides is 4. The Kier molecular flexibility index (Phi) is 28.5. The lowest BCUT2D eigenvalue weighted by Gasteiger charge is -2.23. The first-order valence-electron chi connectivity index (χ1n) is 17.1. The van der Waals surface area contributed by atoms with Crippen molar-refractivity contribution in [3.63, 3.8) is 0 Å². The summed E-state index contributed by atoms with van der Waals surface area (Å²) in [6.07, 6.45) is 5.06. The van der Waals surface area contributed by atoms with Crippen LogP contribution >= 0.6 is 0 Å². The van der Waals surface area contributed by atoms with Crippen LogP contribution in [0, 0.1) is 0 Å². The van der Waals surface area contributed by atoms with Crippen LogP contribution in [0.4, 0.5) is 0 Å². The molecule has 0 aromatic rings. The van der Waals surface area contributed by atoms with Crippen molar-refractivity contribution in [2.75, 3.05) is 27.2 Å². The third-order valence-electron chi connectivity index (χ3n) is 7.69. The minimum atomic E-state index is -0.883. The quantitative estimate of drug-likeness (QED) is 0.0437. The van der Waals surface area contributed by atoms with Crippen LogP contribution in [0.15, 0.2) is 0 Å². The predicted molar refractivity (Wildman–Crippen MR) is 186 cm³/mol. The molecule has 0 saturated heterocycles. The molecular weight excluding hydrogens is 636 g/mol. The molecule has 0 saturated carbocycles. The van der Waals surface area contributed by atoms with Gasteiger partial charge in [-0.05, 0) is 100 Å². The van der Waals surface area contributed by atoms with Crippen LogP contribution in [0.2, 0.25) is 0 Å². The summed E-state index contributed by atoms with van der Waals surface area (Å²) in [4.78, 5) is 93.6. The minimum absolute atomic E-state index is 0.0434. The van der Waals surface area contributed by atoms with Crippen LogP contribution in [0.5, 0.6) is 0 Å². The van der Waals surface area contributed by atoms with Crippen molar-refractivity contribution in [1.82, 2.24) is 31.9 Å². The zero-order valence-electron chi connectivity index (χ0n) is 30.6. The number of carbonyl (C=O) groups excluding carboxylic acids is 8. The maximum absolute atomic E-state index is 12.8. The van der Waals surface area contributed by atoms with Gasteiger partial charge < -0.3 is 51.4 Å². The van der Waals surface area contributed by atoms with Gasteiger partial charge in [-0.25, -0.2) is 0 Å². The van der Waals surface area contributed by atoms with Gasteiger partial charge in [-0.3, -0.25) is 24.0 Å². The van der Waals surface area contributed by atoms with Gasteiger partial charge in [0.25, 0.3) is 0 Å². The van der Waals surface area contributed by atoms with Crippen molar-refractivity contribution in [2.24, 2.45) is 0 Å². The van der Waals surface area contributed by atoms with Crippen molar-refractivity contribution in [3.8, 4) is 0 Å². The molecule has 5 unspecified atom stereocenters. The van der Waals surface area contributed by atoms with E-state index in [1.54, 1.807) is 14.0 Å². The summed E-state index contributed by atoms with van der Waals surface area (Å²) in [7, 11) is 3.50. The van der Waals surface area contributed by atoms with E-state index in [0.29, 0.717) is 57.5 Å². The number of Topliss-reactive ketones (excluding diaryl/α,β-unsaturated/α-hetero) is 4. The summed E-state index contributed by atoms with van der Waals surface area (Å²) < 4.78 is 0. The summed E-state index contributed by atoms with van der Waals surface area (Å²) in [6.45, 7) is 8.10. The second-order valence-corrected chi connectivity index (χ2v) is 12.4. The second-order valence-electron chi connectivity index (χ2n) is 12.4. The highest BCUT2D eigenvalue weighted by molar-refractivity contribution is 5.90. The van der Waals surface area contributed by atoms with Crippen LogP contribution in [-0.4, -0.2) is 110 Å². The van der Waals surface area contributed by atoms with E-state index >= 15 is 0 Å². The van der Waals surface area contributed by atoms with E-state index in [2.05, 4.69) is 38.8 Å². The number of aliphatic hydroxyl groups is 1. The molecule has 15 heteroatoms. The Bertz CT molecular complexity index is 1040. The zero-order chi connectivity index (χ0) is 37.8. The van der Waals surface area contributed by atoms with Gasteiger partial charge in [0.15, 0.2) is 0 Å². The molecule has 0 radical (unpaired) electrons. The van der Waals surface area contributed by atoms with E-state index in [9.17, 15) is 43.5 Å². The maximum Gasteiger partial charge on any atom is 0.242 e. The lowest BCUT2D eigenvalue weighted by atomic mass is 10.0. The first-order valence-corrected chi connectivity index (χ1v) is 17.1. The van der Waals surface area contributed by atoms with E-state index in [1.165, 1.54) is 20.8 Å². The molecule has 5 atom stereocenters. The average molecular weight is 699 g/mol. The van der Waals surface area contributed by atoms with Gasteiger partial charge in [0.1, 0.15) is 35.2 Å². The van der Waals surface area contributed by atoms with Gasteiger partial charge in [0.2, 0.25) is 24.1 Å². The first kappa shape index (κ1) is 47.6. The molecule has 15 nitrogen and oxygen atoms in total. The Labute approximate surface area is 291 Å². The first-order chi connectivity index (χ1) is 23.1. The number of ketones is 4. The highest BCUT2D eigenvalue weighted by Crippen LogP contribution is 2.08. The van der Waals surface area contributed by atoms with Crippen LogP contribution in [0.25, 0.3) is 0 Å². The van der Waals surface area contributed by atoms with E-state index in [4.69, 9.17) is 0 Å². The van der Waals surface area contributed by atoms with Gasteiger partial charge >= 0.3 is 0 Å². The second kappa shape index (κ2) is 29.4. The predicted octanol–water partition coefficient (Wildman–Crippen LogP) is 0.399. The summed E-state index contributed by atoms with van der Waals surface area (Å²) in [6, 6.07) is -2.38. The molecular formula is C34H62N6O9. The summed E-state index contributed by atoms with van der Waals surface area (Å²) in [5, 5.41) is 25.8. The molecule has 0 heterocycles. The molecule has 0 aliphatic heterocycles. The smallest absolute Gasteiger partial charge is 0.242 e. The molecule has 0 aromatic carbocycles. The van der Waals surface area contributed by atoms with Crippen molar-refractivity contribution >= 4 is 47.3 Å². The Morgan fingerprint density at radius 1 is 0.612 bits per heavy atom. The Hall–Kier alpha value is -3.56. The molecule has 49 heavy (non-hydrogen) atoms. The highest BCUT2D eigenvalue weighted by atomic mass is 16.3. The maximum atomic E-state index is 12.8. The lowest BCUT2D eigenvalue weighted by Crippen LogP contribution is -2.52. The standard InChI is InChI=1S/C27H47N5O8.C7H15NO/c1-18(35)10-12-22(28-4)26(39)32-24(9-7-15-33)25(38)29-14-6-5-8-21(16-20(3)37)31-27(40)23(30-17-34)13-11-19(2)36;1-6(8-3)4-5-7(2)9/h17,21-24,28,33H,5-16H2,1-4H3,(H,29,38)(H,30,34)(H,31,40)(H,32,39);6,8H,4-5H2,1-3H3. The largest absolute Gasteiger partial charge is 0.396 e. The molecule has 0 fully saturated rings. The van der Waals surface area contributed by atoms with Gasteiger partial charge in [-0.1, -0.05) is 0 Å². The topological polar surface area (TPSA) is 229 Å². The van der Waals surface area contributed by atoms with Crippen LogP contribution in [-0.2, 0) is 38.4 Å². The highest BCUT2D eigenvalue weighted by Gasteiger charge is 2.25. The van der Waals surface area contributed by atoms with E-state index in [-0.39, 0.29) is 61.8 Å². The summed E-state index contributed by atoms with van der Waals surface area (Å²) in [5.41, 5.74) is 0. The number of carbonyl (C=O) groups is 8. The summed E-state index contributed by atoms with van der Waals surface area (Å²) >= 11 is 0. The Morgan fingerprint density at radius 3 is 1.65 bits per heavy atom. The Morgan fingerprint density at radius 2 is 1.16 bits per heavy atom. The molecule has 0 spiro atoms. The normalized spacial score (nSPS) is 13.6. The Balaban J connectivity index is 0. The van der Waals surface area contributed by atoms with Crippen LogP contribution in [0.1, 0.15) is 112 Å². The molecule has 282 valence electrons. The molecule has 7 N–H and O–H groups in total.